The molecule has 150 valence electrons. The predicted molar refractivity (Wildman–Crippen MR) is 115 cm³/mol. The summed E-state index contributed by atoms with van der Waals surface area (Å²) in [5, 5.41) is 5.90. The summed E-state index contributed by atoms with van der Waals surface area (Å²) in [4.78, 5) is 26.9. The number of morpholine rings is 1. The number of rotatable bonds is 6. The first kappa shape index (κ1) is 19.4. The molecule has 2 heterocycles. The number of carbonyl (C=O) groups is 2. The van der Waals surface area contributed by atoms with Gasteiger partial charge in [0.15, 0.2) is 0 Å². The van der Waals surface area contributed by atoms with Crippen molar-refractivity contribution in [3.63, 3.8) is 0 Å². The smallest absolute Gasteiger partial charge is 0.251 e. The normalized spacial score (nSPS) is 15.2. The molecule has 2 aromatic carbocycles. The molecule has 0 spiro atoms. The van der Waals surface area contributed by atoms with Gasteiger partial charge in [0.25, 0.3) is 5.91 Å². The molecule has 29 heavy (non-hydrogen) atoms. The van der Waals surface area contributed by atoms with Crippen LogP contribution in [0.1, 0.15) is 15.9 Å². The number of nitrogens with zero attached hydrogens (tertiary/aromatic N) is 1. The van der Waals surface area contributed by atoms with Crippen molar-refractivity contribution in [2.75, 3.05) is 31.2 Å². The van der Waals surface area contributed by atoms with E-state index in [4.69, 9.17) is 10.5 Å². The minimum absolute atomic E-state index is 0.304. The summed E-state index contributed by atoms with van der Waals surface area (Å²) in [6, 6.07) is 14.6. The Morgan fingerprint density at radius 3 is 2.55 bits per heavy atom. The largest absolute Gasteiger partial charge is 0.378 e. The van der Waals surface area contributed by atoms with Crippen molar-refractivity contribution in [1.82, 2.24) is 5.32 Å². The lowest BCUT2D eigenvalue weighted by molar-refractivity contribution is -0.119. The van der Waals surface area contributed by atoms with E-state index in [9.17, 15) is 9.59 Å². The van der Waals surface area contributed by atoms with Gasteiger partial charge in [0.05, 0.1) is 13.2 Å². The summed E-state index contributed by atoms with van der Waals surface area (Å²) in [6.07, 6.45) is 0.372. The molecule has 1 atom stereocenters. The quantitative estimate of drug-likeness (QED) is 0.655. The molecule has 3 aromatic rings. The minimum Gasteiger partial charge on any atom is -0.378 e. The maximum absolute atomic E-state index is 12.7. The number of amides is 2. The van der Waals surface area contributed by atoms with Gasteiger partial charge >= 0.3 is 0 Å². The molecule has 4 rings (SSSR count). The van der Waals surface area contributed by atoms with Crippen LogP contribution in [0.5, 0.6) is 0 Å². The molecule has 0 radical (unpaired) electrons. The van der Waals surface area contributed by atoms with E-state index >= 15 is 0 Å². The fourth-order valence-electron chi connectivity index (χ4n) is 3.52. The molecule has 3 N–H and O–H groups in total. The van der Waals surface area contributed by atoms with Crippen molar-refractivity contribution in [1.29, 1.82) is 0 Å². The van der Waals surface area contributed by atoms with Crippen LogP contribution in [0.15, 0.2) is 53.9 Å². The van der Waals surface area contributed by atoms with Crippen LogP contribution in [0.4, 0.5) is 5.69 Å². The summed E-state index contributed by atoms with van der Waals surface area (Å²) >= 11 is 1.62. The third-order valence-electron chi connectivity index (χ3n) is 5.14. The van der Waals surface area contributed by atoms with Crippen LogP contribution in [0.25, 0.3) is 10.1 Å². The standard InChI is InChI=1S/C22H23N3O3S/c23-21(26)19(13-16-14-29-20-4-2-1-3-18(16)20)24-22(27)15-5-7-17(8-6-15)25-9-11-28-12-10-25/h1-8,14,19H,9-13H2,(H2,23,26)(H,24,27)/t19-/m1/s1. The number of benzene rings is 2. The Morgan fingerprint density at radius 1 is 1.10 bits per heavy atom. The highest BCUT2D eigenvalue weighted by Crippen LogP contribution is 2.26. The molecule has 1 aromatic heterocycles. The van der Waals surface area contributed by atoms with E-state index in [1.54, 1.807) is 23.5 Å². The van der Waals surface area contributed by atoms with Crippen molar-refractivity contribution in [3.8, 4) is 0 Å². The first-order chi connectivity index (χ1) is 14.1. The second kappa shape index (κ2) is 8.63. The fraction of sp³-hybridized carbons (Fsp3) is 0.273. The second-order valence-corrected chi connectivity index (χ2v) is 7.95. The molecule has 1 saturated heterocycles. The number of fused-ring (bicyclic) bond motifs is 1. The highest BCUT2D eigenvalue weighted by molar-refractivity contribution is 7.17. The average Bonchev–Trinajstić information content (AvgIpc) is 3.17. The molecule has 0 saturated carbocycles. The molecule has 0 unspecified atom stereocenters. The van der Waals surface area contributed by atoms with Crippen LogP contribution in [0, 0.1) is 0 Å². The number of ether oxygens (including phenoxy) is 1. The highest BCUT2D eigenvalue weighted by atomic mass is 32.1. The zero-order chi connectivity index (χ0) is 20.2. The lowest BCUT2D eigenvalue weighted by Gasteiger charge is -2.28. The van der Waals surface area contributed by atoms with E-state index in [1.165, 1.54) is 0 Å². The predicted octanol–water partition coefficient (Wildman–Crippen LogP) is 2.56. The van der Waals surface area contributed by atoms with E-state index < -0.39 is 11.9 Å². The fourth-order valence-corrected chi connectivity index (χ4v) is 4.50. The van der Waals surface area contributed by atoms with Gasteiger partial charge in [0.1, 0.15) is 6.04 Å². The number of hydrogen-bond donors (Lipinski definition) is 2. The second-order valence-electron chi connectivity index (χ2n) is 7.04. The molecular weight excluding hydrogens is 386 g/mol. The average molecular weight is 410 g/mol. The van der Waals surface area contributed by atoms with Crippen molar-refractivity contribution in [3.05, 3.63) is 65.0 Å². The van der Waals surface area contributed by atoms with Crippen molar-refractivity contribution in [2.45, 2.75) is 12.5 Å². The van der Waals surface area contributed by atoms with Gasteiger partial charge in [0, 0.05) is 35.5 Å². The summed E-state index contributed by atoms with van der Waals surface area (Å²) in [5.41, 5.74) is 8.15. The first-order valence-electron chi connectivity index (χ1n) is 9.60. The van der Waals surface area contributed by atoms with Gasteiger partial charge in [-0.05, 0) is 46.7 Å². The summed E-state index contributed by atoms with van der Waals surface area (Å²) < 4.78 is 6.52. The number of primary amides is 1. The van der Waals surface area contributed by atoms with Crippen molar-refractivity contribution >= 4 is 38.9 Å². The number of nitrogens with two attached hydrogens (primary N) is 1. The van der Waals surface area contributed by atoms with Gasteiger partial charge in [-0.1, -0.05) is 18.2 Å². The van der Waals surface area contributed by atoms with Crippen LogP contribution in [-0.2, 0) is 16.0 Å². The third kappa shape index (κ3) is 4.41. The van der Waals surface area contributed by atoms with E-state index in [0.717, 1.165) is 34.4 Å². The summed E-state index contributed by atoms with van der Waals surface area (Å²) in [7, 11) is 0. The summed E-state index contributed by atoms with van der Waals surface area (Å²) in [6.45, 7) is 3.09. The lowest BCUT2D eigenvalue weighted by Crippen LogP contribution is -2.45. The maximum Gasteiger partial charge on any atom is 0.251 e. The lowest BCUT2D eigenvalue weighted by atomic mass is 10.0. The van der Waals surface area contributed by atoms with E-state index in [0.29, 0.717) is 25.2 Å². The van der Waals surface area contributed by atoms with Crippen molar-refractivity contribution in [2.24, 2.45) is 5.73 Å². The Kier molecular flexibility index (Phi) is 5.78. The van der Waals surface area contributed by atoms with E-state index in [2.05, 4.69) is 10.2 Å². The van der Waals surface area contributed by atoms with Crippen LogP contribution in [0.3, 0.4) is 0 Å². The Balaban J connectivity index is 1.45. The molecule has 7 heteroatoms. The van der Waals surface area contributed by atoms with Crippen molar-refractivity contribution < 1.29 is 14.3 Å². The Bertz CT molecular complexity index is 1010. The Labute approximate surface area is 173 Å². The van der Waals surface area contributed by atoms with Gasteiger partial charge < -0.3 is 20.7 Å². The first-order valence-corrected chi connectivity index (χ1v) is 10.5. The van der Waals surface area contributed by atoms with Gasteiger partial charge in [-0.3, -0.25) is 9.59 Å². The number of hydrogen-bond acceptors (Lipinski definition) is 5. The molecule has 1 fully saturated rings. The molecule has 1 aliphatic heterocycles. The number of thiophene rings is 1. The van der Waals surface area contributed by atoms with Gasteiger partial charge in [0.2, 0.25) is 5.91 Å². The molecule has 2 amide bonds. The van der Waals surface area contributed by atoms with E-state index in [1.807, 2.05) is 41.8 Å². The minimum atomic E-state index is -0.764. The van der Waals surface area contributed by atoms with Crippen LogP contribution >= 0.6 is 11.3 Å². The zero-order valence-electron chi connectivity index (χ0n) is 16.0. The monoisotopic (exact) mass is 409 g/mol. The molecule has 1 aliphatic rings. The third-order valence-corrected chi connectivity index (χ3v) is 6.15. The molecular formula is C22H23N3O3S. The van der Waals surface area contributed by atoms with Crippen LogP contribution in [0.2, 0.25) is 0 Å². The molecule has 0 aliphatic carbocycles. The van der Waals surface area contributed by atoms with Crippen LogP contribution < -0.4 is 16.0 Å². The van der Waals surface area contributed by atoms with E-state index in [-0.39, 0.29) is 5.91 Å². The zero-order valence-corrected chi connectivity index (χ0v) is 16.8. The van der Waals surface area contributed by atoms with Gasteiger partial charge in [-0.15, -0.1) is 11.3 Å². The topological polar surface area (TPSA) is 84.7 Å². The molecule has 6 nitrogen and oxygen atoms in total. The number of carbonyl (C=O) groups excluding carboxylic acids is 2. The number of nitrogens with one attached hydrogen (secondary N) is 1. The van der Waals surface area contributed by atoms with Crippen LogP contribution in [-0.4, -0.2) is 44.2 Å². The SMILES string of the molecule is NC(=O)[C@@H](Cc1csc2ccccc12)NC(=O)c1ccc(N2CCOCC2)cc1. The molecule has 0 bridgehead atoms. The Hall–Kier alpha value is -2.90. The highest BCUT2D eigenvalue weighted by Gasteiger charge is 2.21. The maximum atomic E-state index is 12.7. The Morgan fingerprint density at radius 2 is 1.83 bits per heavy atom. The van der Waals surface area contributed by atoms with Gasteiger partial charge in [-0.2, -0.15) is 0 Å². The van der Waals surface area contributed by atoms with Gasteiger partial charge in [-0.25, -0.2) is 0 Å². The summed E-state index contributed by atoms with van der Waals surface area (Å²) in [5.74, 6) is -0.847. The number of anilines is 1.